The lowest BCUT2D eigenvalue weighted by atomic mass is 9.66. The van der Waals surface area contributed by atoms with Crippen LogP contribution in [0.15, 0.2) is 48.5 Å². The molecular weight excluding hydrogens is 534 g/mol. The SMILES string of the molecule is CCOc1ccc(NC(=O)[C@H]2[C@H]3C(=O)N([C@@H](CO)C(C)C)C(C(=O)Nc4ccccc4Cl)C34CC[C@]2(C)O4)cc1. The molecule has 9 nitrogen and oxygen atoms in total. The number of carbonyl (C=O) groups excluding carboxylic acids is 3. The van der Waals surface area contributed by atoms with E-state index in [-0.39, 0.29) is 24.3 Å². The highest BCUT2D eigenvalue weighted by atomic mass is 35.5. The third kappa shape index (κ3) is 4.54. The molecule has 3 aliphatic heterocycles. The van der Waals surface area contributed by atoms with E-state index in [0.29, 0.717) is 41.6 Å². The van der Waals surface area contributed by atoms with E-state index < -0.39 is 41.0 Å². The quantitative estimate of drug-likeness (QED) is 0.419. The number of rotatable bonds is 9. The molecule has 3 saturated heterocycles. The van der Waals surface area contributed by atoms with Gasteiger partial charge in [-0.1, -0.05) is 37.6 Å². The molecule has 5 rings (SSSR count). The number of halogens is 1. The molecular formula is C30H36ClN3O6. The van der Waals surface area contributed by atoms with Crippen LogP contribution in [-0.4, -0.2) is 64.2 Å². The van der Waals surface area contributed by atoms with Crippen molar-refractivity contribution in [1.82, 2.24) is 4.90 Å². The summed E-state index contributed by atoms with van der Waals surface area (Å²) < 4.78 is 12.1. The molecule has 2 aromatic rings. The lowest BCUT2D eigenvalue weighted by molar-refractivity contribution is -0.148. The van der Waals surface area contributed by atoms with Crippen molar-refractivity contribution < 1.29 is 29.0 Å². The van der Waals surface area contributed by atoms with Gasteiger partial charge in [-0.05, 0) is 69.0 Å². The van der Waals surface area contributed by atoms with Gasteiger partial charge in [0.1, 0.15) is 17.4 Å². The Hall–Kier alpha value is -3.14. The summed E-state index contributed by atoms with van der Waals surface area (Å²) in [7, 11) is 0. The van der Waals surface area contributed by atoms with Crippen LogP contribution in [0.3, 0.4) is 0 Å². The largest absolute Gasteiger partial charge is 0.494 e. The third-order valence-corrected chi connectivity index (χ3v) is 8.95. The Bertz CT molecular complexity index is 1300. The molecule has 1 spiro atoms. The van der Waals surface area contributed by atoms with Gasteiger partial charge < -0.3 is 30.1 Å². The van der Waals surface area contributed by atoms with Crippen LogP contribution in [0.1, 0.15) is 40.5 Å². The Balaban J connectivity index is 1.51. The number of aliphatic hydroxyl groups is 1. The molecule has 40 heavy (non-hydrogen) atoms. The molecule has 2 bridgehead atoms. The fourth-order valence-corrected chi connectivity index (χ4v) is 7.01. The van der Waals surface area contributed by atoms with E-state index >= 15 is 0 Å². The van der Waals surface area contributed by atoms with E-state index in [0.717, 1.165) is 0 Å². The minimum atomic E-state index is -1.22. The van der Waals surface area contributed by atoms with Crippen molar-refractivity contribution in [1.29, 1.82) is 0 Å². The van der Waals surface area contributed by atoms with Crippen molar-refractivity contribution in [2.75, 3.05) is 23.8 Å². The average Bonchev–Trinajstić information content (AvgIpc) is 3.48. The van der Waals surface area contributed by atoms with Gasteiger partial charge in [-0.15, -0.1) is 0 Å². The number of anilines is 2. The topological polar surface area (TPSA) is 117 Å². The van der Waals surface area contributed by atoms with Crippen molar-refractivity contribution in [3.05, 3.63) is 53.6 Å². The van der Waals surface area contributed by atoms with Gasteiger partial charge in [-0.2, -0.15) is 0 Å². The molecule has 3 heterocycles. The van der Waals surface area contributed by atoms with Gasteiger partial charge in [0.05, 0.1) is 47.4 Å². The zero-order valence-corrected chi connectivity index (χ0v) is 23.9. The van der Waals surface area contributed by atoms with Crippen LogP contribution in [-0.2, 0) is 19.1 Å². The fraction of sp³-hybridized carbons (Fsp3) is 0.500. The number of ether oxygens (including phenoxy) is 2. The van der Waals surface area contributed by atoms with E-state index in [1.165, 1.54) is 4.90 Å². The predicted molar refractivity (Wildman–Crippen MR) is 151 cm³/mol. The molecule has 3 fully saturated rings. The van der Waals surface area contributed by atoms with Gasteiger partial charge in [0.15, 0.2) is 0 Å². The van der Waals surface area contributed by atoms with E-state index in [9.17, 15) is 19.5 Å². The summed E-state index contributed by atoms with van der Waals surface area (Å²) in [6.07, 6.45) is 0.938. The number of nitrogens with zero attached hydrogens (tertiary/aromatic N) is 1. The predicted octanol–water partition coefficient (Wildman–Crippen LogP) is 4.10. The third-order valence-electron chi connectivity index (χ3n) is 8.62. The van der Waals surface area contributed by atoms with Crippen LogP contribution in [0.4, 0.5) is 11.4 Å². The number of likely N-dealkylation sites (tertiary alicyclic amines) is 1. The van der Waals surface area contributed by atoms with E-state index in [1.54, 1.807) is 48.5 Å². The van der Waals surface area contributed by atoms with Crippen molar-refractivity contribution in [3.63, 3.8) is 0 Å². The molecule has 0 aliphatic carbocycles. The maximum Gasteiger partial charge on any atom is 0.250 e. The number of hydrogen-bond donors (Lipinski definition) is 3. The molecule has 6 atom stereocenters. The molecule has 0 radical (unpaired) electrons. The van der Waals surface area contributed by atoms with Crippen molar-refractivity contribution in [2.24, 2.45) is 17.8 Å². The van der Waals surface area contributed by atoms with Crippen molar-refractivity contribution >= 4 is 40.7 Å². The number of para-hydroxylation sites is 1. The minimum absolute atomic E-state index is 0.149. The van der Waals surface area contributed by atoms with Gasteiger partial charge in [0, 0.05) is 5.69 Å². The van der Waals surface area contributed by atoms with E-state index in [4.69, 9.17) is 21.1 Å². The molecule has 3 N–H and O–H groups in total. The van der Waals surface area contributed by atoms with Crippen LogP contribution in [0.25, 0.3) is 0 Å². The summed E-state index contributed by atoms with van der Waals surface area (Å²) in [5.41, 5.74) is -1.17. The molecule has 2 aromatic carbocycles. The van der Waals surface area contributed by atoms with E-state index in [2.05, 4.69) is 10.6 Å². The average molecular weight is 570 g/mol. The number of hydrogen-bond acceptors (Lipinski definition) is 6. The standard InChI is InChI=1S/C30H36ClN3O6/c1-5-39-19-12-10-18(11-13-19)32-26(36)23-24-28(38)34(22(16-35)17(2)3)25(30(24)15-14-29(23,4)40-30)27(37)33-21-9-7-6-8-20(21)31/h6-13,17,22-25,35H,5,14-16H2,1-4H3,(H,32,36)(H,33,37)/t22-,23+,24-,25?,29-,30?/m0/s1. The normalized spacial score (nSPS) is 29.4. The van der Waals surface area contributed by atoms with E-state index in [1.807, 2.05) is 27.7 Å². The lowest BCUT2D eigenvalue weighted by Gasteiger charge is -2.38. The van der Waals surface area contributed by atoms with Gasteiger partial charge in [0.25, 0.3) is 0 Å². The maximum atomic E-state index is 14.3. The van der Waals surface area contributed by atoms with Crippen molar-refractivity contribution in [2.45, 2.75) is 63.8 Å². The fourth-order valence-electron chi connectivity index (χ4n) is 6.83. The first-order valence-electron chi connectivity index (χ1n) is 13.8. The molecule has 2 unspecified atom stereocenters. The highest BCUT2D eigenvalue weighted by molar-refractivity contribution is 6.33. The summed E-state index contributed by atoms with van der Waals surface area (Å²) in [6.45, 7) is 7.71. The van der Waals surface area contributed by atoms with Crippen LogP contribution in [0.5, 0.6) is 5.75 Å². The number of aliphatic hydroxyl groups excluding tert-OH is 1. The lowest BCUT2D eigenvalue weighted by Crippen LogP contribution is -2.57. The summed E-state index contributed by atoms with van der Waals surface area (Å²) in [5.74, 6) is -2.33. The Morgan fingerprint density at radius 1 is 1.12 bits per heavy atom. The molecule has 0 aromatic heterocycles. The maximum absolute atomic E-state index is 14.3. The Kier molecular flexibility index (Phi) is 7.58. The number of carbonyl (C=O) groups is 3. The van der Waals surface area contributed by atoms with Crippen molar-refractivity contribution in [3.8, 4) is 5.75 Å². The van der Waals surface area contributed by atoms with Crippen LogP contribution in [0, 0.1) is 17.8 Å². The minimum Gasteiger partial charge on any atom is -0.494 e. The Morgan fingerprint density at radius 2 is 1.82 bits per heavy atom. The Morgan fingerprint density at radius 3 is 2.45 bits per heavy atom. The van der Waals surface area contributed by atoms with Gasteiger partial charge in [-0.25, -0.2) is 0 Å². The monoisotopic (exact) mass is 569 g/mol. The summed E-state index contributed by atoms with van der Waals surface area (Å²) in [5, 5.41) is 16.5. The highest BCUT2D eigenvalue weighted by Gasteiger charge is 2.78. The zero-order chi connectivity index (χ0) is 28.8. The Labute approximate surface area is 239 Å². The van der Waals surface area contributed by atoms with Crippen LogP contribution < -0.4 is 15.4 Å². The van der Waals surface area contributed by atoms with Crippen LogP contribution in [0.2, 0.25) is 5.02 Å². The second-order valence-electron chi connectivity index (χ2n) is 11.4. The zero-order valence-electron chi connectivity index (χ0n) is 23.1. The first-order valence-corrected chi connectivity index (χ1v) is 14.2. The number of amides is 3. The second-order valence-corrected chi connectivity index (χ2v) is 11.8. The van der Waals surface area contributed by atoms with Gasteiger partial charge in [0.2, 0.25) is 17.7 Å². The summed E-state index contributed by atoms with van der Waals surface area (Å²) in [4.78, 5) is 43.6. The molecule has 3 aliphatic rings. The summed E-state index contributed by atoms with van der Waals surface area (Å²) >= 11 is 6.33. The van der Waals surface area contributed by atoms with Gasteiger partial charge in [-0.3, -0.25) is 14.4 Å². The highest BCUT2D eigenvalue weighted by Crippen LogP contribution is 2.63. The number of fused-ring (bicyclic) bond motifs is 1. The summed E-state index contributed by atoms with van der Waals surface area (Å²) in [6, 6.07) is 12.2. The second kappa shape index (κ2) is 10.7. The smallest absolute Gasteiger partial charge is 0.250 e. The number of benzene rings is 2. The number of nitrogens with one attached hydrogen (secondary N) is 2. The van der Waals surface area contributed by atoms with Gasteiger partial charge >= 0.3 is 0 Å². The first kappa shape index (κ1) is 28.4. The molecule has 0 saturated carbocycles. The first-order chi connectivity index (χ1) is 19.1. The molecule has 10 heteroatoms. The van der Waals surface area contributed by atoms with Crippen LogP contribution >= 0.6 is 11.6 Å². The molecule has 3 amide bonds. The molecule has 214 valence electrons.